The predicted octanol–water partition coefficient (Wildman–Crippen LogP) is 3.55. The first-order valence-corrected chi connectivity index (χ1v) is 6.03. The van der Waals surface area contributed by atoms with E-state index in [1.807, 2.05) is 34.9 Å². The Bertz CT molecular complexity index is 714. The fraction of sp³-hybridized carbons (Fsp3) is 0.0714. The Morgan fingerprint density at radius 3 is 2.61 bits per heavy atom. The van der Waals surface area contributed by atoms with Gasteiger partial charge in [0.25, 0.3) is 0 Å². The van der Waals surface area contributed by atoms with Gasteiger partial charge in [0, 0.05) is 11.8 Å². The molecule has 2 N–H and O–H groups in total. The number of halogens is 1. The lowest BCUT2D eigenvalue weighted by atomic mass is 10.1. The van der Waals surface area contributed by atoms with Crippen molar-refractivity contribution < 1.29 is 0 Å². The Balaban J connectivity index is 2.30. The van der Waals surface area contributed by atoms with Gasteiger partial charge >= 0.3 is 0 Å². The van der Waals surface area contributed by atoms with Crippen LogP contribution in [0.4, 0.5) is 5.69 Å². The maximum absolute atomic E-state index is 6.15. The second-order valence-electron chi connectivity index (χ2n) is 4.27. The highest BCUT2D eigenvalue weighted by atomic mass is 35.5. The summed E-state index contributed by atoms with van der Waals surface area (Å²) < 4.78 is 1.92. The number of aryl methyl sites for hydroxylation is 1. The van der Waals surface area contributed by atoms with Crippen LogP contribution in [0.25, 0.3) is 16.9 Å². The first-order valence-electron chi connectivity index (χ1n) is 5.66. The quantitative estimate of drug-likeness (QED) is 0.725. The summed E-state index contributed by atoms with van der Waals surface area (Å²) in [5, 5.41) is 0.434. The molecule has 2 heterocycles. The minimum Gasteiger partial charge on any atom is -0.397 e. The Kier molecular flexibility index (Phi) is 2.49. The van der Waals surface area contributed by atoms with E-state index >= 15 is 0 Å². The van der Waals surface area contributed by atoms with Gasteiger partial charge in [0.1, 0.15) is 11.3 Å². The lowest BCUT2D eigenvalue weighted by Gasteiger charge is -2.03. The van der Waals surface area contributed by atoms with Gasteiger partial charge in [-0.2, -0.15) is 0 Å². The van der Waals surface area contributed by atoms with Crippen LogP contribution in [0.5, 0.6) is 0 Å². The average Bonchev–Trinajstić information content (AvgIpc) is 2.69. The molecule has 0 unspecified atom stereocenters. The van der Waals surface area contributed by atoms with E-state index in [4.69, 9.17) is 17.3 Å². The van der Waals surface area contributed by atoms with Crippen molar-refractivity contribution in [2.45, 2.75) is 6.92 Å². The molecule has 0 saturated carbocycles. The molecule has 0 aliphatic heterocycles. The number of nitrogens with two attached hydrogens (primary N) is 1. The highest BCUT2D eigenvalue weighted by molar-refractivity contribution is 6.33. The molecule has 1 aromatic carbocycles. The van der Waals surface area contributed by atoms with Crippen LogP contribution in [-0.2, 0) is 0 Å². The first kappa shape index (κ1) is 11.1. The van der Waals surface area contributed by atoms with Crippen molar-refractivity contribution in [3.63, 3.8) is 0 Å². The van der Waals surface area contributed by atoms with Crippen LogP contribution in [0, 0.1) is 6.92 Å². The number of benzene rings is 1. The van der Waals surface area contributed by atoms with Gasteiger partial charge in [0.05, 0.1) is 5.69 Å². The van der Waals surface area contributed by atoms with Gasteiger partial charge in [0.2, 0.25) is 0 Å². The summed E-state index contributed by atoms with van der Waals surface area (Å²) in [6.07, 6.45) is 1.92. The smallest absolute Gasteiger partial charge is 0.157 e. The number of hydrogen-bond donors (Lipinski definition) is 1. The van der Waals surface area contributed by atoms with Crippen LogP contribution < -0.4 is 5.73 Å². The lowest BCUT2D eigenvalue weighted by molar-refractivity contribution is 1.16. The fourth-order valence-corrected chi connectivity index (χ4v) is 2.31. The molecule has 0 fully saturated rings. The molecule has 3 aromatic rings. The van der Waals surface area contributed by atoms with E-state index in [-0.39, 0.29) is 0 Å². The third-order valence-electron chi connectivity index (χ3n) is 2.96. The van der Waals surface area contributed by atoms with Crippen molar-refractivity contribution in [2.24, 2.45) is 0 Å². The molecular weight excluding hydrogens is 246 g/mol. The summed E-state index contributed by atoms with van der Waals surface area (Å²) in [6, 6.07) is 11.9. The highest BCUT2D eigenvalue weighted by Crippen LogP contribution is 2.29. The zero-order valence-electron chi connectivity index (χ0n) is 9.89. The minimum atomic E-state index is 0.434. The van der Waals surface area contributed by atoms with Crippen molar-refractivity contribution in [2.75, 3.05) is 5.73 Å². The molecule has 0 atom stereocenters. The SMILES string of the molecule is Cc1ccc(-c2nc(Cl)c3c(N)cccn23)cc1. The number of hydrogen-bond acceptors (Lipinski definition) is 2. The molecule has 0 saturated heterocycles. The molecule has 0 bridgehead atoms. The van der Waals surface area contributed by atoms with Gasteiger partial charge in [-0.15, -0.1) is 0 Å². The summed E-state index contributed by atoms with van der Waals surface area (Å²) in [4.78, 5) is 4.40. The maximum Gasteiger partial charge on any atom is 0.157 e. The van der Waals surface area contributed by atoms with Crippen molar-refractivity contribution in [3.05, 3.63) is 53.3 Å². The molecule has 0 aliphatic rings. The molecule has 0 amide bonds. The van der Waals surface area contributed by atoms with Gasteiger partial charge < -0.3 is 5.73 Å². The van der Waals surface area contributed by atoms with E-state index in [0.717, 1.165) is 16.9 Å². The maximum atomic E-state index is 6.15. The van der Waals surface area contributed by atoms with Gasteiger partial charge in [0.15, 0.2) is 5.15 Å². The molecule has 3 rings (SSSR count). The van der Waals surface area contributed by atoms with E-state index < -0.39 is 0 Å². The molecule has 2 aromatic heterocycles. The largest absolute Gasteiger partial charge is 0.397 e. The third-order valence-corrected chi connectivity index (χ3v) is 3.23. The molecule has 0 spiro atoms. The van der Waals surface area contributed by atoms with E-state index in [1.165, 1.54) is 5.56 Å². The normalized spacial score (nSPS) is 11.0. The number of imidazole rings is 1. The average molecular weight is 258 g/mol. The van der Waals surface area contributed by atoms with Crippen molar-refractivity contribution in [1.29, 1.82) is 0 Å². The molecular formula is C14H12ClN3. The van der Waals surface area contributed by atoms with Crippen molar-refractivity contribution in [3.8, 4) is 11.4 Å². The number of nitrogens with zero attached hydrogens (tertiary/aromatic N) is 2. The van der Waals surface area contributed by atoms with E-state index in [2.05, 4.69) is 24.0 Å². The molecule has 3 nitrogen and oxygen atoms in total. The van der Waals surface area contributed by atoms with Crippen LogP contribution >= 0.6 is 11.6 Å². The second kappa shape index (κ2) is 4.03. The monoisotopic (exact) mass is 257 g/mol. The zero-order valence-corrected chi connectivity index (χ0v) is 10.6. The van der Waals surface area contributed by atoms with E-state index in [0.29, 0.717) is 10.8 Å². The van der Waals surface area contributed by atoms with Gasteiger partial charge in [-0.25, -0.2) is 4.98 Å². The summed E-state index contributed by atoms with van der Waals surface area (Å²) in [6.45, 7) is 2.05. The number of rotatable bonds is 1. The number of fused-ring (bicyclic) bond motifs is 1. The third kappa shape index (κ3) is 1.64. The van der Waals surface area contributed by atoms with Crippen LogP contribution in [0.15, 0.2) is 42.6 Å². The molecule has 18 heavy (non-hydrogen) atoms. The van der Waals surface area contributed by atoms with Crippen LogP contribution in [0.2, 0.25) is 5.15 Å². The van der Waals surface area contributed by atoms with Gasteiger partial charge in [-0.05, 0) is 19.1 Å². The summed E-state index contributed by atoms with van der Waals surface area (Å²) in [7, 11) is 0. The molecule has 90 valence electrons. The topological polar surface area (TPSA) is 43.3 Å². The van der Waals surface area contributed by atoms with Crippen LogP contribution in [0.1, 0.15) is 5.56 Å². The van der Waals surface area contributed by atoms with E-state index in [1.54, 1.807) is 0 Å². The fourth-order valence-electron chi connectivity index (χ4n) is 2.03. The second-order valence-corrected chi connectivity index (χ2v) is 4.63. The minimum absolute atomic E-state index is 0.434. The standard InChI is InChI=1S/C14H12ClN3/c1-9-4-6-10(7-5-9)14-17-13(15)12-11(16)3-2-8-18(12)14/h2-8H,16H2,1H3. The van der Waals surface area contributed by atoms with Crippen LogP contribution in [0.3, 0.4) is 0 Å². The number of aromatic nitrogens is 2. The Hall–Kier alpha value is -2.00. The first-order chi connectivity index (χ1) is 8.66. The number of nitrogen functional groups attached to an aromatic ring is 1. The zero-order chi connectivity index (χ0) is 12.7. The number of pyridine rings is 1. The summed E-state index contributed by atoms with van der Waals surface area (Å²) in [5.74, 6) is 0.808. The Morgan fingerprint density at radius 2 is 1.89 bits per heavy atom. The Labute approximate surface area is 110 Å². The highest BCUT2D eigenvalue weighted by Gasteiger charge is 2.12. The van der Waals surface area contributed by atoms with Crippen LogP contribution in [-0.4, -0.2) is 9.38 Å². The summed E-state index contributed by atoms with van der Waals surface area (Å²) in [5.41, 5.74) is 9.55. The Morgan fingerprint density at radius 1 is 1.17 bits per heavy atom. The van der Waals surface area contributed by atoms with Crippen molar-refractivity contribution in [1.82, 2.24) is 9.38 Å². The lowest BCUT2D eigenvalue weighted by Crippen LogP contribution is -1.93. The molecule has 4 heteroatoms. The molecule has 0 aliphatic carbocycles. The van der Waals surface area contributed by atoms with Crippen molar-refractivity contribution >= 4 is 22.8 Å². The molecule has 0 radical (unpaired) electrons. The predicted molar refractivity (Wildman–Crippen MR) is 74.8 cm³/mol. The van der Waals surface area contributed by atoms with Gasteiger partial charge in [-0.3, -0.25) is 4.40 Å². The summed E-state index contributed by atoms with van der Waals surface area (Å²) >= 11 is 6.15. The van der Waals surface area contributed by atoms with Gasteiger partial charge in [-0.1, -0.05) is 41.4 Å². The van der Waals surface area contributed by atoms with E-state index in [9.17, 15) is 0 Å². The number of anilines is 1.